The molecule has 0 heteroatoms. The number of hydrogen-bond acceptors (Lipinski definition) is 0. The molecular weight excluding hydrogens is 300 g/mol. The second-order valence-corrected chi connectivity index (χ2v) is 8.01. The molecule has 0 aromatic heterocycles. The Hall–Kier alpha value is -0.780. The van der Waals surface area contributed by atoms with E-state index in [4.69, 9.17) is 0 Å². The first-order chi connectivity index (χ1) is 12.2. The number of hydrogen-bond donors (Lipinski definition) is 0. The molecule has 0 N–H and O–H groups in total. The normalized spacial score (nSPS) is 16.2. The molecule has 0 nitrogen and oxygen atoms in total. The van der Waals surface area contributed by atoms with Crippen LogP contribution in [0.15, 0.2) is 34.4 Å². The summed E-state index contributed by atoms with van der Waals surface area (Å²) in [6.45, 7) is 9.28. The van der Waals surface area contributed by atoms with Gasteiger partial charge in [-0.1, -0.05) is 96.3 Å². The maximum atomic E-state index is 2.54. The molecule has 25 heavy (non-hydrogen) atoms. The van der Waals surface area contributed by atoms with Gasteiger partial charge >= 0.3 is 0 Å². The van der Waals surface area contributed by atoms with Crippen molar-refractivity contribution in [2.45, 2.75) is 124 Å². The van der Waals surface area contributed by atoms with E-state index in [9.17, 15) is 0 Å². The fourth-order valence-electron chi connectivity index (χ4n) is 3.82. The van der Waals surface area contributed by atoms with Crippen LogP contribution < -0.4 is 0 Å². The van der Waals surface area contributed by atoms with Crippen molar-refractivity contribution >= 4 is 0 Å². The van der Waals surface area contributed by atoms with Crippen LogP contribution >= 0.6 is 0 Å². The molecule has 1 aliphatic rings. The van der Waals surface area contributed by atoms with E-state index < -0.39 is 0 Å². The highest BCUT2D eigenvalue weighted by molar-refractivity contribution is 5.54. The summed E-state index contributed by atoms with van der Waals surface area (Å²) >= 11 is 0. The molecular formula is C25H44. The van der Waals surface area contributed by atoms with Crippen molar-refractivity contribution in [3.63, 3.8) is 0 Å². The molecule has 0 fully saturated rings. The van der Waals surface area contributed by atoms with Gasteiger partial charge in [0.1, 0.15) is 0 Å². The van der Waals surface area contributed by atoms with Crippen LogP contribution in [0.1, 0.15) is 124 Å². The summed E-state index contributed by atoms with van der Waals surface area (Å²) in [5, 5.41) is 0. The van der Waals surface area contributed by atoms with Crippen molar-refractivity contribution in [1.82, 2.24) is 0 Å². The second kappa shape index (κ2) is 14.4. The summed E-state index contributed by atoms with van der Waals surface area (Å²) < 4.78 is 0. The van der Waals surface area contributed by atoms with Crippen molar-refractivity contribution in [3.05, 3.63) is 34.4 Å². The highest BCUT2D eigenvalue weighted by atomic mass is 14.2. The molecule has 0 amide bonds. The first-order valence-electron chi connectivity index (χ1n) is 11.3. The molecule has 0 bridgehead atoms. The standard InChI is InChI=1S/C25H44/c1-5-8-11-14-17-22(4)25-21-23(18-15-12-9-6-2)20-24(25)19-16-13-10-7-3/h20-21H,5-19H2,1-4H3/b25-22-. The molecule has 0 saturated heterocycles. The van der Waals surface area contributed by atoms with Crippen LogP contribution in [0.4, 0.5) is 0 Å². The number of allylic oxidation sites excluding steroid dienone is 6. The Kier molecular flexibility index (Phi) is 12.8. The predicted octanol–water partition coefficient (Wildman–Crippen LogP) is 9.08. The Labute approximate surface area is 158 Å². The van der Waals surface area contributed by atoms with Crippen LogP contribution in [0.25, 0.3) is 0 Å². The molecule has 1 rings (SSSR count). The average Bonchev–Trinajstić information content (AvgIpc) is 3.02. The molecule has 0 heterocycles. The quantitative estimate of drug-likeness (QED) is 0.260. The fourth-order valence-corrected chi connectivity index (χ4v) is 3.82. The summed E-state index contributed by atoms with van der Waals surface area (Å²) in [4.78, 5) is 0. The van der Waals surface area contributed by atoms with Crippen molar-refractivity contribution < 1.29 is 0 Å². The Bertz CT molecular complexity index is 433. The topological polar surface area (TPSA) is 0 Å². The summed E-state index contributed by atoms with van der Waals surface area (Å²) in [5.74, 6) is 0. The van der Waals surface area contributed by atoms with Crippen LogP contribution in [-0.2, 0) is 0 Å². The summed E-state index contributed by atoms with van der Waals surface area (Å²) in [7, 11) is 0. The molecule has 144 valence electrons. The molecule has 0 saturated carbocycles. The van der Waals surface area contributed by atoms with Gasteiger partial charge in [-0.05, 0) is 62.2 Å². The number of rotatable bonds is 15. The maximum Gasteiger partial charge on any atom is -0.0232 e. The van der Waals surface area contributed by atoms with Gasteiger partial charge in [-0.15, -0.1) is 0 Å². The zero-order chi connectivity index (χ0) is 18.3. The molecule has 0 radical (unpaired) electrons. The Balaban J connectivity index is 2.63. The van der Waals surface area contributed by atoms with Gasteiger partial charge in [-0.3, -0.25) is 0 Å². The van der Waals surface area contributed by atoms with Gasteiger partial charge < -0.3 is 0 Å². The van der Waals surface area contributed by atoms with Gasteiger partial charge in [-0.25, -0.2) is 0 Å². The van der Waals surface area contributed by atoms with Gasteiger partial charge in [0.2, 0.25) is 0 Å². The fraction of sp³-hybridized carbons (Fsp3) is 0.760. The first-order valence-corrected chi connectivity index (χ1v) is 11.3. The van der Waals surface area contributed by atoms with E-state index in [1.165, 1.54) is 96.3 Å². The van der Waals surface area contributed by atoms with Crippen LogP contribution in [0.3, 0.4) is 0 Å². The minimum absolute atomic E-state index is 1.28. The molecule has 0 aromatic carbocycles. The van der Waals surface area contributed by atoms with Gasteiger partial charge in [0, 0.05) is 0 Å². The Morgan fingerprint density at radius 2 is 1.20 bits per heavy atom. The van der Waals surface area contributed by atoms with E-state index in [0.29, 0.717) is 0 Å². The van der Waals surface area contributed by atoms with Crippen LogP contribution in [-0.4, -0.2) is 0 Å². The summed E-state index contributed by atoms with van der Waals surface area (Å²) in [6, 6.07) is 0. The summed E-state index contributed by atoms with van der Waals surface area (Å²) in [5.41, 5.74) is 6.50. The third-order valence-corrected chi connectivity index (χ3v) is 5.52. The Morgan fingerprint density at radius 1 is 0.640 bits per heavy atom. The van der Waals surface area contributed by atoms with Crippen molar-refractivity contribution in [2.75, 3.05) is 0 Å². The van der Waals surface area contributed by atoms with E-state index in [0.717, 1.165) is 0 Å². The lowest BCUT2D eigenvalue weighted by molar-refractivity contribution is 0.658. The lowest BCUT2D eigenvalue weighted by Gasteiger charge is -2.10. The molecule has 0 spiro atoms. The summed E-state index contributed by atoms with van der Waals surface area (Å²) in [6.07, 6.45) is 25.4. The van der Waals surface area contributed by atoms with Gasteiger partial charge in [0.15, 0.2) is 0 Å². The Morgan fingerprint density at radius 3 is 1.80 bits per heavy atom. The monoisotopic (exact) mass is 344 g/mol. The molecule has 0 atom stereocenters. The minimum Gasteiger partial charge on any atom is -0.0658 e. The van der Waals surface area contributed by atoms with Gasteiger partial charge in [0.25, 0.3) is 0 Å². The largest absolute Gasteiger partial charge is 0.0658 e. The van der Waals surface area contributed by atoms with Crippen molar-refractivity contribution in [2.24, 2.45) is 0 Å². The van der Waals surface area contributed by atoms with E-state index in [1.54, 1.807) is 22.3 Å². The van der Waals surface area contributed by atoms with E-state index in [-0.39, 0.29) is 0 Å². The smallest absolute Gasteiger partial charge is 0.0232 e. The first kappa shape index (κ1) is 22.3. The lowest BCUT2D eigenvalue weighted by Crippen LogP contribution is -1.91. The second-order valence-electron chi connectivity index (χ2n) is 8.01. The highest BCUT2D eigenvalue weighted by Gasteiger charge is 2.14. The minimum atomic E-state index is 1.28. The number of unbranched alkanes of at least 4 members (excludes halogenated alkanes) is 9. The van der Waals surface area contributed by atoms with Crippen molar-refractivity contribution in [3.8, 4) is 0 Å². The van der Waals surface area contributed by atoms with Crippen LogP contribution in [0.5, 0.6) is 0 Å². The van der Waals surface area contributed by atoms with E-state index in [1.807, 2.05) is 0 Å². The zero-order valence-corrected chi connectivity index (χ0v) is 17.8. The molecule has 0 aliphatic heterocycles. The highest BCUT2D eigenvalue weighted by Crippen LogP contribution is 2.34. The van der Waals surface area contributed by atoms with Gasteiger partial charge in [-0.2, -0.15) is 0 Å². The van der Waals surface area contributed by atoms with Crippen molar-refractivity contribution in [1.29, 1.82) is 0 Å². The molecule has 1 aliphatic carbocycles. The van der Waals surface area contributed by atoms with Gasteiger partial charge in [0.05, 0.1) is 0 Å². The molecule has 0 unspecified atom stereocenters. The zero-order valence-electron chi connectivity index (χ0n) is 17.8. The van der Waals surface area contributed by atoms with Crippen LogP contribution in [0.2, 0.25) is 0 Å². The third kappa shape index (κ3) is 9.47. The average molecular weight is 345 g/mol. The third-order valence-electron chi connectivity index (χ3n) is 5.52. The van der Waals surface area contributed by atoms with E-state index >= 15 is 0 Å². The van der Waals surface area contributed by atoms with E-state index in [2.05, 4.69) is 39.8 Å². The van der Waals surface area contributed by atoms with Crippen LogP contribution in [0, 0.1) is 0 Å². The maximum absolute atomic E-state index is 2.54. The lowest BCUT2D eigenvalue weighted by atomic mass is 9.95. The predicted molar refractivity (Wildman–Crippen MR) is 115 cm³/mol. The molecule has 0 aromatic rings. The SMILES string of the molecule is CCCCCCC1=C/C(=C(\C)CCCCCC)C(CCCCCC)=C1.